The Kier molecular flexibility index (Phi) is 4.40. The summed E-state index contributed by atoms with van der Waals surface area (Å²) in [5.41, 5.74) is 0. The summed E-state index contributed by atoms with van der Waals surface area (Å²) in [7, 11) is 0. The van der Waals surface area contributed by atoms with E-state index >= 15 is 0 Å². The number of ether oxygens (including phenoxy) is 1. The lowest BCUT2D eigenvalue weighted by atomic mass is 10.1. The molecule has 17 heavy (non-hydrogen) atoms. The zero-order chi connectivity index (χ0) is 12.3. The summed E-state index contributed by atoms with van der Waals surface area (Å²) in [5.74, 6) is 0.243. The van der Waals surface area contributed by atoms with Crippen LogP contribution in [0.2, 0.25) is 0 Å². The van der Waals surface area contributed by atoms with Gasteiger partial charge in [-0.1, -0.05) is 0 Å². The summed E-state index contributed by atoms with van der Waals surface area (Å²) in [6.07, 6.45) is 4.84. The monoisotopic (exact) mass is 240 g/mol. The fourth-order valence-electron chi connectivity index (χ4n) is 2.78. The Morgan fingerprint density at radius 2 is 2.00 bits per heavy atom. The molecule has 1 amide bonds. The predicted molar refractivity (Wildman–Crippen MR) is 66.8 cm³/mol. The van der Waals surface area contributed by atoms with Crippen molar-refractivity contribution in [2.75, 3.05) is 19.7 Å². The Morgan fingerprint density at radius 1 is 1.29 bits per heavy atom. The predicted octanol–water partition coefficient (Wildman–Crippen LogP) is 1.15. The Morgan fingerprint density at radius 3 is 2.59 bits per heavy atom. The van der Waals surface area contributed by atoms with Crippen LogP contribution in [0.15, 0.2) is 0 Å². The molecule has 0 radical (unpaired) electrons. The van der Waals surface area contributed by atoms with E-state index in [4.69, 9.17) is 4.74 Å². The van der Waals surface area contributed by atoms with Crippen molar-refractivity contribution < 1.29 is 9.53 Å². The number of nitrogens with one attached hydrogen (secondary N) is 1. The van der Waals surface area contributed by atoms with Gasteiger partial charge in [0.15, 0.2) is 0 Å². The van der Waals surface area contributed by atoms with Gasteiger partial charge in [-0.15, -0.1) is 0 Å². The van der Waals surface area contributed by atoms with Crippen LogP contribution in [0.25, 0.3) is 0 Å². The molecule has 2 aliphatic heterocycles. The van der Waals surface area contributed by atoms with Crippen molar-refractivity contribution in [1.29, 1.82) is 0 Å². The maximum atomic E-state index is 12.1. The van der Waals surface area contributed by atoms with Crippen molar-refractivity contribution >= 4 is 5.91 Å². The maximum Gasteiger partial charge on any atom is 0.239 e. The molecule has 0 aliphatic carbocycles. The Bertz CT molecular complexity index is 258. The van der Waals surface area contributed by atoms with Crippen molar-refractivity contribution in [3.63, 3.8) is 0 Å². The first-order valence-electron chi connectivity index (χ1n) is 6.85. The number of hydrogen-bond acceptors (Lipinski definition) is 3. The largest absolute Gasteiger partial charge is 0.377 e. The smallest absolute Gasteiger partial charge is 0.239 e. The van der Waals surface area contributed by atoms with Crippen LogP contribution >= 0.6 is 0 Å². The highest BCUT2D eigenvalue weighted by Crippen LogP contribution is 2.16. The molecular formula is C13H24N2O2. The van der Waals surface area contributed by atoms with Gasteiger partial charge in [-0.05, 0) is 39.5 Å². The molecule has 4 nitrogen and oxygen atoms in total. The van der Waals surface area contributed by atoms with Crippen LogP contribution < -0.4 is 5.32 Å². The quantitative estimate of drug-likeness (QED) is 0.801. The summed E-state index contributed by atoms with van der Waals surface area (Å²) in [5, 5.41) is 3.38. The second-order valence-corrected chi connectivity index (χ2v) is 5.26. The molecule has 2 saturated heterocycles. The summed E-state index contributed by atoms with van der Waals surface area (Å²) in [6.45, 7) is 6.80. The zero-order valence-corrected chi connectivity index (χ0v) is 10.9. The Labute approximate surface area is 104 Å². The van der Waals surface area contributed by atoms with Crippen LogP contribution in [0, 0.1) is 0 Å². The molecule has 2 rings (SSSR count). The first kappa shape index (κ1) is 12.8. The maximum absolute atomic E-state index is 12.1. The van der Waals surface area contributed by atoms with Gasteiger partial charge in [-0.3, -0.25) is 4.79 Å². The van der Waals surface area contributed by atoms with Crippen LogP contribution in [0.4, 0.5) is 0 Å². The van der Waals surface area contributed by atoms with Crippen LogP contribution in [-0.2, 0) is 9.53 Å². The first-order valence-corrected chi connectivity index (χ1v) is 6.85. The molecular weight excluding hydrogens is 216 g/mol. The van der Waals surface area contributed by atoms with E-state index in [1.165, 1.54) is 0 Å². The molecule has 2 fully saturated rings. The lowest BCUT2D eigenvalue weighted by Gasteiger charge is -2.26. The zero-order valence-electron chi connectivity index (χ0n) is 10.9. The highest BCUT2D eigenvalue weighted by atomic mass is 16.5. The Balaban J connectivity index is 1.78. The van der Waals surface area contributed by atoms with Gasteiger partial charge in [0.2, 0.25) is 5.91 Å². The second-order valence-electron chi connectivity index (χ2n) is 5.26. The van der Waals surface area contributed by atoms with Gasteiger partial charge in [0, 0.05) is 25.7 Å². The molecule has 0 spiro atoms. The number of amides is 1. The highest BCUT2D eigenvalue weighted by Gasteiger charge is 2.28. The minimum absolute atomic E-state index is 0.0905. The Hall–Kier alpha value is -0.610. The van der Waals surface area contributed by atoms with Crippen LogP contribution in [0.5, 0.6) is 0 Å². The lowest BCUT2D eigenvalue weighted by Crippen LogP contribution is -2.50. The second kappa shape index (κ2) is 5.83. The number of carbonyl (C=O) groups is 1. The molecule has 0 aromatic carbocycles. The molecule has 1 N–H and O–H groups in total. The van der Waals surface area contributed by atoms with Crippen molar-refractivity contribution in [1.82, 2.24) is 10.2 Å². The van der Waals surface area contributed by atoms with E-state index in [1.54, 1.807) is 0 Å². The average molecular weight is 240 g/mol. The van der Waals surface area contributed by atoms with Gasteiger partial charge >= 0.3 is 0 Å². The number of likely N-dealkylation sites (tertiary alicyclic amines) is 1. The number of hydrogen-bond donors (Lipinski definition) is 1. The molecule has 0 bridgehead atoms. The van der Waals surface area contributed by atoms with Gasteiger partial charge in [-0.2, -0.15) is 0 Å². The van der Waals surface area contributed by atoms with E-state index in [-0.39, 0.29) is 24.1 Å². The fourth-order valence-corrected chi connectivity index (χ4v) is 2.78. The summed E-state index contributed by atoms with van der Waals surface area (Å²) in [6, 6.07) is 0.173. The van der Waals surface area contributed by atoms with Gasteiger partial charge in [0.25, 0.3) is 0 Å². The topological polar surface area (TPSA) is 41.6 Å². The van der Waals surface area contributed by atoms with E-state index < -0.39 is 0 Å². The third kappa shape index (κ3) is 3.19. The summed E-state index contributed by atoms with van der Waals surface area (Å²) in [4.78, 5) is 14.1. The van der Waals surface area contributed by atoms with Crippen LogP contribution in [0.1, 0.15) is 39.5 Å². The lowest BCUT2D eigenvalue weighted by molar-refractivity contribution is -0.132. The van der Waals surface area contributed by atoms with E-state index in [1.807, 2.05) is 11.8 Å². The molecule has 0 saturated carbocycles. The molecule has 0 aromatic rings. The number of carbonyl (C=O) groups excluding carboxylic acids is 1. The normalized spacial score (nSPS) is 28.4. The molecule has 2 heterocycles. The third-order valence-electron chi connectivity index (χ3n) is 3.82. The summed E-state index contributed by atoms with van der Waals surface area (Å²) >= 11 is 0. The van der Waals surface area contributed by atoms with Crippen molar-refractivity contribution in [3.05, 3.63) is 0 Å². The fraction of sp³-hybridized carbons (Fsp3) is 0.923. The van der Waals surface area contributed by atoms with Gasteiger partial charge in [0.05, 0.1) is 12.1 Å². The van der Waals surface area contributed by atoms with Crippen molar-refractivity contribution in [3.8, 4) is 0 Å². The van der Waals surface area contributed by atoms with E-state index in [2.05, 4.69) is 12.2 Å². The van der Waals surface area contributed by atoms with E-state index in [0.717, 1.165) is 45.4 Å². The van der Waals surface area contributed by atoms with Gasteiger partial charge in [0.1, 0.15) is 0 Å². The molecule has 4 heteroatoms. The molecule has 98 valence electrons. The van der Waals surface area contributed by atoms with E-state index in [9.17, 15) is 4.79 Å². The van der Waals surface area contributed by atoms with Gasteiger partial charge < -0.3 is 15.0 Å². The third-order valence-corrected chi connectivity index (χ3v) is 3.82. The van der Waals surface area contributed by atoms with Crippen LogP contribution in [-0.4, -0.2) is 48.7 Å². The van der Waals surface area contributed by atoms with Crippen LogP contribution in [0.3, 0.4) is 0 Å². The van der Waals surface area contributed by atoms with Crippen molar-refractivity contribution in [2.45, 2.75) is 57.7 Å². The first-order chi connectivity index (χ1) is 8.18. The van der Waals surface area contributed by atoms with Crippen molar-refractivity contribution in [2.24, 2.45) is 0 Å². The minimum Gasteiger partial charge on any atom is -0.377 e. The number of rotatable bonds is 4. The highest BCUT2D eigenvalue weighted by molar-refractivity contribution is 5.81. The molecule has 3 unspecified atom stereocenters. The molecule has 3 atom stereocenters. The average Bonchev–Trinajstić information content (AvgIpc) is 3.00. The summed E-state index contributed by atoms with van der Waals surface area (Å²) < 4.78 is 5.63. The SMILES string of the molecule is CC(NC(C)C1CCCO1)C(=O)N1CCCC1. The molecule has 2 aliphatic rings. The standard InChI is InChI=1S/C13H24N2O2/c1-10(12-6-5-9-17-12)14-11(2)13(16)15-7-3-4-8-15/h10-12,14H,3-9H2,1-2H3. The van der Waals surface area contributed by atoms with E-state index in [0.29, 0.717) is 0 Å². The minimum atomic E-state index is -0.0905. The number of nitrogens with zero attached hydrogens (tertiary/aromatic N) is 1. The van der Waals surface area contributed by atoms with Gasteiger partial charge in [-0.25, -0.2) is 0 Å². The molecule has 0 aromatic heterocycles.